The zero-order valence-corrected chi connectivity index (χ0v) is 23.7. The van der Waals surface area contributed by atoms with Crippen LogP contribution in [0.4, 0.5) is 0 Å². The van der Waals surface area contributed by atoms with Gasteiger partial charge in [0.1, 0.15) is 11.8 Å². The van der Waals surface area contributed by atoms with Crippen molar-refractivity contribution in [1.82, 2.24) is 15.8 Å². The third-order valence-corrected chi connectivity index (χ3v) is 6.70. The summed E-state index contributed by atoms with van der Waals surface area (Å²) in [6, 6.07) is 21.3. The fraction of sp³-hybridized carbons (Fsp3) is 0.323. The van der Waals surface area contributed by atoms with E-state index in [4.69, 9.17) is 22.1 Å². The molecule has 0 heterocycles. The number of halogens is 1. The van der Waals surface area contributed by atoms with E-state index in [0.29, 0.717) is 18.2 Å². The monoisotopic (exact) mass is 564 g/mol. The summed E-state index contributed by atoms with van der Waals surface area (Å²) in [5, 5.41) is 4.75. The van der Waals surface area contributed by atoms with Crippen LogP contribution in [-0.2, 0) is 40.3 Å². The third kappa shape index (κ3) is 9.19. The van der Waals surface area contributed by atoms with Gasteiger partial charge in [0.15, 0.2) is 5.78 Å². The molecule has 0 radical (unpaired) electrons. The van der Waals surface area contributed by atoms with E-state index in [1.54, 1.807) is 13.0 Å². The van der Waals surface area contributed by atoms with E-state index in [9.17, 15) is 14.4 Å². The molecule has 2 amide bonds. The van der Waals surface area contributed by atoms with E-state index in [-0.39, 0.29) is 49.9 Å². The van der Waals surface area contributed by atoms with E-state index < -0.39 is 6.04 Å². The number of hydrazine groups is 1. The summed E-state index contributed by atoms with van der Waals surface area (Å²) in [5.41, 5.74) is 12.0. The number of rotatable bonds is 15. The second kappa shape index (κ2) is 15.8. The Hall–Kier alpha value is -3.72. The van der Waals surface area contributed by atoms with Crippen molar-refractivity contribution >= 4 is 29.2 Å². The number of hydrogen-bond donors (Lipinski definition) is 3. The molecule has 0 aromatic heterocycles. The number of amides is 2. The minimum absolute atomic E-state index is 0.103. The lowest BCUT2D eigenvalue weighted by atomic mass is 10.0. The topological polar surface area (TPSA) is 114 Å². The van der Waals surface area contributed by atoms with E-state index >= 15 is 0 Å². The Morgan fingerprint density at radius 3 is 2.27 bits per heavy atom. The van der Waals surface area contributed by atoms with Crippen molar-refractivity contribution in [2.45, 2.75) is 52.2 Å². The molecule has 0 bridgehead atoms. The highest BCUT2D eigenvalue weighted by molar-refractivity contribution is 6.31. The van der Waals surface area contributed by atoms with Gasteiger partial charge in [-0.25, -0.2) is 5.43 Å². The highest BCUT2D eigenvalue weighted by atomic mass is 35.5. The first-order chi connectivity index (χ1) is 19.3. The predicted octanol–water partition coefficient (Wildman–Crippen LogP) is 3.98. The average molecular weight is 565 g/mol. The van der Waals surface area contributed by atoms with Crippen LogP contribution in [0.3, 0.4) is 0 Å². The van der Waals surface area contributed by atoms with Crippen LogP contribution >= 0.6 is 11.6 Å². The fourth-order valence-electron chi connectivity index (χ4n) is 4.19. The number of nitrogens with zero attached hydrogens (tertiary/aromatic N) is 1. The number of ether oxygens (including phenoxy) is 1. The molecule has 3 rings (SSSR count). The molecular weight excluding hydrogens is 528 g/mol. The molecule has 0 spiro atoms. The van der Waals surface area contributed by atoms with Crippen molar-refractivity contribution in [3.05, 3.63) is 100 Å². The molecule has 4 N–H and O–H groups in total. The molecule has 3 aromatic carbocycles. The summed E-state index contributed by atoms with van der Waals surface area (Å²) >= 11 is 6.28. The molecule has 40 heavy (non-hydrogen) atoms. The quantitative estimate of drug-likeness (QED) is 0.241. The molecule has 3 aromatic rings. The summed E-state index contributed by atoms with van der Waals surface area (Å²) < 4.78 is 5.45. The Balaban J connectivity index is 1.73. The Morgan fingerprint density at radius 1 is 0.950 bits per heavy atom. The maximum Gasteiger partial charge on any atom is 0.245 e. The number of nitrogens with two attached hydrogens (primary N) is 1. The zero-order valence-electron chi connectivity index (χ0n) is 23.0. The smallest absolute Gasteiger partial charge is 0.245 e. The molecule has 0 aliphatic carbocycles. The standard InChI is InChI=1S/C31H37ClN4O4/c1-3-30(38)36(35-21-26(37)16-23-11-14-27(15-12-23)40-4-2)29(18-22-8-6-5-7-9-22)31(39)34-20-24-10-13-25(19-33)28(32)17-24/h5-15,17,29,35H,3-4,16,18-21,33H2,1-2H3,(H,34,39)/t29-/m0/s1. The third-order valence-electron chi connectivity index (χ3n) is 6.34. The van der Waals surface area contributed by atoms with Crippen molar-refractivity contribution in [2.24, 2.45) is 5.73 Å². The van der Waals surface area contributed by atoms with Gasteiger partial charge in [0.05, 0.1) is 13.2 Å². The van der Waals surface area contributed by atoms with Gasteiger partial charge in [-0.3, -0.25) is 19.4 Å². The first-order valence-corrected chi connectivity index (χ1v) is 13.8. The molecule has 8 nitrogen and oxygen atoms in total. The molecule has 0 saturated carbocycles. The van der Waals surface area contributed by atoms with Crippen LogP contribution in [-0.4, -0.2) is 41.8 Å². The van der Waals surface area contributed by atoms with Gasteiger partial charge in [0, 0.05) is 37.4 Å². The number of carbonyl (C=O) groups excluding carboxylic acids is 3. The number of carbonyl (C=O) groups is 3. The normalized spacial score (nSPS) is 11.5. The van der Waals surface area contributed by atoms with Crippen LogP contribution in [0.15, 0.2) is 72.8 Å². The lowest BCUT2D eigenvalue weighted by Gasteiger charge is -2.31. The Labute approximate surface area is 240 Å². The van der Waals surface area contributed by atoms with Gasteiger partial charge in [-0.05, 0) is 47.4 Å². The number of benzene rings is 3. The van der Waals surface area contributed by atoms with Crippen LogP contribution in [0.25, 0.3) is 0 Å². The van der Waals surface area contributed by atoms with Crippen molar-refractivity contribution in [3.63, 3.8) is 0 Å². The maximum absolute atomic E-state index is 13.5. The summed E-state index contributed by atoms with van der Waals surface area (Å²) in [7, 11) is 0. The van der Waals surface area contributed by atoms with Gasteiger partial charge in [-0.2, -0.15) is 0 Å². The van der Waals surface area contributed by atoms with E-state index in [0.717, 1.165) is 28.0 Å². The van der Waals surface area contributed by atoms with Gasteiger partial charge in [-0.1, -0.05) is 73.1 Å². The molecule has 0 aliphatic rings. The van der Waals surface area contributed by atoms with Gasteiger partial charge >= 0.3 is 0 Å². The van der Waals surface area contributed by atoms with Crippen molar-refractivity contribution in [3.8, 4) is 5.75 Å². The Morgan fingerprint density at radius 2 is 1.65 bits per heavy atom. The highest BCUT2D eigenvalue weighted by Crippen LogP contribution is 2.18. The maximum atomic E-state index is 13.5. The van der Waals surface area contributed by atoms with E-state index in [1.165, 1.54) is 5.01 Å². The van der Waals surface area contributed by atoms with Crippen LogP contribution in [0.5, 0.6) is 5.75 Å². The first kappa shape index (κ1) is 30.8. The molecule has 1 atom stereocenters. The van der Waals surface area contributed by atoms with Crippen molar-refractivity contribution in [1.29, 1.82) is 0 Å². The number of ketones is 1. The van der Waals surface area contributed by atoms with Crippen LogP contribution < -0.4 is 21.2 Å². The average Bonchev–Trinajstić information content (AvgIpc) is 2.97. The summed E-state index contributed by atoms with van der Waals surface area (Å²) in [6.45, 7) is 4.63. The van der Waals surface area contributed by atoms with Gasteiger partial charge < -0.3 is 15.8 Å². The van der Waals surface area contributed by atoms with Crippen LogP contribution in [0.1, 0.15) is 42.5 Å². The number of nitrogens with one attached hydrogen (secondary N) is 2. The molecular formula is C31H37ClN4O4. The molecule has 0 saturated heterocycles. The number of Topliss-reactive ketones (excluding diaryl/α,β-unsaturated/α-hetero) is 1. The van der Waals surface area contributed by atoms with E-state index in [2.05, 4.69) is 10.7 Å². The van der Waals surface area contributed by atoms with Gasteiger partial charge in [-0.15, -0.1) is 0 Å². The second-order valence-electron chi connectivity index (χ2n) is 9.30. The second-order valence-corrected chi connectivity index (χ2v) is 9.71. The van der Waals surface area contributed by atoms with Gasteiger partial charge in [0.2, 0.25) is 11.8 Å². The molecule has 212 valence electrons. The van der Waals surface area contributed by atoms with Gasteiger partial charge in [0.25, 0.3) is 0 Å². The predicted molar refractivity (Wildman–Crippen MR) is 157 cm³/mol. The zero-order chi connectivity index (χ0) is 28.9. The summed E-state index contributed by atoms with van der Waals surface area (Å²) in [5.74, 6) is -0.0214. The highest BCUT2D eigenvalue weighted by Gasteiger charge is 2.30. The molecule has 9 heteroatoms. The fourth-order valence-corrected chi connectivity index (χ4v) is 4.47. The van der Waals surface area contributed by atoms with Crippen LogP contribution in [0.2, 0.25) is 5.02 Å². The first-order valence-electron chi connectivity index (χ1n) is 13.4. The minimum Gasteiger partial charge on any atom is -0.494 e. The SMILES string of the molecule is CCOc1ccc(CC(=O)CNN(C(=O)CC)[C@@H](Cc2ccccc2)C(=O)NCc2ccc(CN)c(Cl)c2)cc1. The number of hydrogen-bond acceptors (Lipinski definition) is 6. The summed E-state index contributed by atoms with van der Waals surface area (Å²) in [6.07, 6.45) is 0.614. The molecule has 0 fully saturated rings. The Kier molecular flexibility index (Phi) is 12.1. The minimum atomic E-state index is -0.882. The largest absolute Gasteiger partial charge is 0.494 e. The van der Waals surface area contributed by atoms with Crippen LogP contribution in [0, 0.1) is 0 Å². The van der Waals surface area contributed by atoms with E-state index in [1.807, 2.05) is 73.7 Å². The Bertz CT molecular complexity index is 1270. The lowest BCUT2D eigenvalue weighted by Crippen LogP contribution is -2.57. The lowest BCUT2D eigenvalue weighted by molar-refractivity contribution is -0.144. The van der Waals surface area contributed by atoms with Crippen molar-refractivity contribution < 1.29 is 19.1 Å². The molecule has 0 unspecified atom stereocenters. The summed E-state index contributed by atoms with van der Waals surface area (Å²) in [4.78, 5) is 39.4. The molecule has 0 aliphatic heterocycles. The van der Waals surface area contributed by atoms with Crippen molar-refractivity contribution in [2.75, 3.05) is 13.2 Å².